The monoisotopic (exact) mass is 560 g/mol. The quantitative estimate of drug-likeness (QED) is 0.169. The van der Waals surface area contributed by atoms with E-state index in [-0.39, 0.29) is 11.6 Å². The van der Waals surface area contributed by atoms with Gasteiger partial charge >= 0.3 is 201 Å². The molecule has 0 aliphatic rings. The maximum absolute atomic E-state index is 12.7. The van der Waals surface area contributed by atoms with Gasteiger partial charge in [-0.3, -0.25) is 0 Å². The van der Waals surface area contributed by atoms with Crippen LogP contribution < -0.4 is 0 Å². The predicted octanol–water partition coefficient (Wildman–Crippen LogP) is 5.66. The number of benzene rings is 2. The maximum atomic E-state index is 12.7. The first-order chi connectivity index (χ1) is 15.9. The SMILES string of the molecule is CCC[CH2][Sn]([CH2]CCC)([O]C(=O)CC(=O)c1ccccc1)[O]C(=O)CC(=O)c1ccccc1. The number of carbonyl (C=O) groups excluding carboxylic acids is 4. The van der Waals surface area contributed by atoms with Crippen LogP contribution in [0.4, 0.5) is 0 Å². The normalized spacial score (nSPS) is 11.0. The molecule has 6 nitrogen and oxygen atoms in total. The van der Waals surface area contributed by atoms with Crippen LogP contribution in [0.3, 0.4) is 0 Å². The van der Waals surface area contributed by atoms with Crippen LogP contribution in [0, 0.1) is 0 Å². The number of ketones is 2. The van der Waals surface area contributed by atoms with Gasteiger partial charge in [-0.2, -0.15) is 0 Å². The summed E-state index contributed by atoms with van der Waals surface area (Å²) in [6.07, 6.45) is 2.40. The Morgan fingerprint density at radius 3 is 1.33 bits per heavy atom. The van der Waals surface area contributed by atoms with Gasteiger partial charge in [-0.1, -0.05) is 0 Å². The number of unbranched alkanes of at least 4 members (excludes halogenated alkanes) is 2. The molecule has 176 valence electrons. The number of hydrogen-bond acceptors (Lipinski definition) is 6. The summed E-state index contributed by atoms with van der Waals surface area (Å²) in [7, 11) is 0. The minimum absolute atomic E-state index is 0.336. The average Bonchev–Trinajstić information content (AvgIpc) is 2.82. The van der Waals surface area contributed by atoms with E-state index in [9.17, 15) is 19.2 Å². The van der Waals surface area contributed by atoms with E-state index in [1.165, 1.54) is 0 Å². The van der Waals surface area contributed by atoms with Crippen molar-refractivity contribution in [3.05, 3.63) is 71.8 Å². The molecule has 0 saturated heterocycles. The molecule has 0 aromatic heterocycles. The molecule has 0 aliphatic heterocycles. The van der Waals surface area contributed by atoms with Crippen LogP contribution in [0.2, 0.25) is 8.87 Å². The van der Waals surface area contributed by atoms with Gasteiger partial charge in [0.15, 0.2) is 0 Å². The molecule has 0 N–H and O–H groups in total. The van der Waals surface area contributed by atoms with Crippen molar-refractivity contribution in [1.82, 2.24) is 0 Å². The van der Waals surface area contributed by atoms with E-state index in [1.54, 1.807) is 60.7 Å². The zero-order chi connectivity index (χ0) is 24.1. The fourth-order valence-corrected chi connectivity index (χ4v) is 13.3. The van der Waals surface area contributed by atoms with Gasteiger partial charge in [0.2, 0.25) is 0 Å². The molecule has 7 heteroatoms. The average molecular weight is 559 g/mol. The Morgan fingerprint density at radius 1 is 0.636 bits per heavy atom. The Hall–Kier alpha value is -2.48. The molecule has 0 heterocycles. The van der Waals surface area contributed by atoms with Crippen molar-refractivity contribution in [1.29, 1.82) is 0 Å². The van der Waals surface area contributed by atoms with Gasteiger partial charge in [0.05, 0.1) is 0 Å². The molecule has 2 rings (SSSR count). The topological polar surface area (TPSA) is 86.7 Å². The summed E-state index contributed by atoms with van der Waals surface area (Å²) in [6.45, 7) is 4.02. The first-order valence-electron chi connectivity index (χ1n) is 11.5. The van der Waals surface area contributed by atoms with Gasteiger partial charge in [0.1, 0.15) is 0 Å². The zero-order valence-corrected chi connectivity index (χ0v) is 22.2. The van der Waals surface area contributed by atoms with Gasteiger partial charge in [-0.05, 0) is 0 Å². The number of rotatable bonds is 14. The van der Waals surface area contributed by atoms with E-state index in [1.807, 2.05) is 13.8 Å². The van der Waals surface area contributed by atoms with E-state index in [0.717, 1.165) is 25.7 Å². The van der Waals surface area contributed by atoms with Crippen LogP contribution in [0.1, 0.15) is 73.1 Å². The summed E-state index contributed by atoms with van der Waals surface area (Å²) in [5, 5.41) is 0. The summed E-state index contributed by atoms with van der Waals surface area (Å²) in [5.41, 5.74) is 0.866. The molecule has 2 aromatic carbocycles. The minimum atomic E-state index is -4.23. The van der Waals surface area contributed by atoms with E-state index >= 15 is 0 Å². The van der Waals surface area contributed by atoms with Crippen molar-refractivity contribution >= 4 is 42.7 Å². The molecule has 0 amide bonds. The van der Waals surface area contributed by atoms with Crippen LogP contribution in [-0.2, 0) is 15.7 Å². The number of hydrogen-bond donors (Lipinski definition) is 0. The van der Waals surface area contributed by atoms with Crippen LogP contribution in [-0.4, -0.2) is 42.7 Å². The van der Waals surface area contributed by atoms with E-state index in [4.69, 9.17) is 6.15 Å². The molecule has 0 unspecified atom stereocenters. The first kappa shape index (κ1) is 26.8. The molecule has 0 spiro atoms. The van der Waals surface area contributed by atoms with E-state index in [0.29, 0.717) is 20.0 Å². The van der Waals surface area contributed by atoms with Gasteiger partial charge in [-0.25, -0.2) is 0 Å². The molecule has 0 fully saturated rings. The Kier molecular flexibility index (Phi) is 11.3. The molecule has 0 saturated carbocycles. The van der Waals surface area contributed by atoms with Gasteiger partial charge in [0, 0.05) is 0 Å². The second-order valence-corrected chi connectivity index (χ2v) is 17.2. The van der Waals surface area contributed by atoms with E-state index in [2.05, 4.69) is 0 Å². The molecule has 0 bridgehead atoms. The van der Waals surface area contributed by atoms with Crippen molar-refractivity contribution < 1.29 is 25.3 Å². The summed E-state index contributed by atoms with van der Waals surface area (Å²) in [5.74, 6) is -1.99. The third-order valence-electron chi connectivity index (χ3n) is 5.22. The molecule has 0 radical (unpaired) electrons. The van der Waals surface area contributed by atoms with Crippen LogP contribution in [0.15, 0.2) is 60.7 Å². The fraction of sp³-hybridized carbons (Fsp3) is 0.385. The van der Waals surface area contributed by atoms with E-state index < -0.39 is 44.0 Å². The molecule has 0 atom stereocenters. The Morgan fingerprint density at radius 2 is 1.00 bits per heavy atom. The Labute approximate surface area is 200 Å². The van der Waals surface area contributed by atoms with Gasteiger partial charge in [-0.15, -0.1) is 0 Å². The first-order valence-corrected chi connectivity index (χ1v) is 17.9. The third-order valence-corrected chi connectivity index (χ3v) is 15.0. The van der Waals surface area contributed by atoms with Crippen molar-refractivity contribution in [2.45, 2.75) is 61.2 Å². The molecule has 2 aromatic rings. The molecular weight excluding hydrogens is 527 g/mol. The summed E-state index contributed by atoms with van der Waals surface area (Å²) >= 11 is -4.23. The Bertz CT molecular complexity index is 849. The third kappa shape index (κ3) is 9.12. The van der Waals surface area contributed by atoms with Gasteiger partial charge in [0.25, 0.3) is 0 Å². The zero-order valence-electron chi connectivity index (χ0n) is 19.4. The van der Waals surface area contributed by atoms with Crippen LogP contribution in [0.25, 0.3) is 0 Å². The predicted molar refractivity (Wildman–Crippen MR) is 128 cm³/mol. The van der Waals surface area contributed by atoms with Crippen LogP contribution in [0.5, 0.6) is 0 Å². The van der Waals surface area contributed by atoms with Crippen molar-refractivity contribution in [3.8, 4) is 0 Å². The second-order valence-electron chi connectivity index (χ2n) is 8.00. The Balaban J connectivity index is 2.13. The standard InChI is InChI=1S/2C9H8O3.2C4H9.Sn/c2*10-8(6-9(11)12)7-4-2-1-3-5-7;2*1-3-4-2;/h2*1-5H,6H2,(H,11,12);2*1,3-4H2,2H3;/q;;;;+2/p-2. The van der Waals surface area contributed by atoms with Gasteiger partial charge < -0.3 is 0 Å². The molecular formula is C26H32O6Sn. The van der Waals surface area contributed by atoms with Crippen molar-refractivity contribution in [2.75, 3.05) is 0 Å². The molecule has 33 heavy (non-hydrogen) atoms. The summed E-state index contributed by atoms with van der Waals surface area (Å²) < 4.78 is 12.8. The molecule has 0 aliphatic carbocycles. The van der Waals surface area contributed by atoms with Crippen molar-refractivity contribution in [2.24, 2.45) is 0 Å². The summed E-state index contributed by atoms with van der Waals surface area (Å²) in [6, 6.07) is 17.1. The summed E-state index contributed by atoms with van der Waals surface area (Å²) in [4.78, 5) is 50.4. The van der Waals surface area contributed by atoms with Crippen molar-refractivity contribution in [3.63, 3.8) is 0 Å². The number of carbonyl (C=O) groups is 4. The fourth-order valence-electron chi connectivity index (χ4n) is 3.44. The number of Topliss-reactive ketones (excluding diaryl/α,β-unsaturated/α-hetero) is 2. The second kappa shape index (κ2) is 13.9. The van der Waals surface area contributed by atoms with Crippen LogP contribution >= 0.6 is 0 Å².